The molecule has 0 unspecified atom stereocenters. The second-order valence-electron chi connectivity index (χ2n) is 10.3. The maximum Gasteiger partial charge on any atom is 0.261 e. The average Bonchev–Trinajstić information content (AvgIpc) is 3.51. The summed E-state index contributed by atoms with van der Waals surface area (Å²) in [4.78, 5) is 11.8. The fourth-order valence-electron chi connectivity index (χ4n) is 5.99. The van der Waals surface area contributed by atoms with Crippen LogP contribution < -0.4 is 10.2 Å². The van der Waals surface area contributed by atoms with Crippen LogP contribution in [-0.2, 0) is 11.2 Å². The van der Waals surface area contributed by atoms with Crippen molar-refractivity contribution in [3.63, 3.8) is 0 Å². The molecule has 5 heterocycles. The highest BCUT2D eigenvalue weighted by Gasteiger charge is 2.56. The predicted molar refractivity (Wildman–Crippen MR) is 128 cm³/mol. The molecular formula is C26H32FN5O2. The Kier molecular flexibility index (Phi) is 5.33. The summed E-state index contributed by atoms with van der Waals surface area (Å²) in [6.07, 6.45) is 5.17. The Balaban J connectivity index is 1.38. The molecule has 4 aliphatic rings. The van der Waals surface area contributed by atoms with E-state index in [0.717, 1.165) is 86.3 Å². The molecule has 1 saturated carbocycles. The summed E-state index contributed by atoms with van der Waals surface area (Å²) in [5, 5.41) is 8.72. The fourth-order valence-corrected chi connectivity index (χ4v) is 5.99. The maximum atomic E-state index is 15.2. The van der Waals surface area contributed by atoms with Crippen LogP contribution in [0.15, 0.2) is 16.7 Å². The normalized spacial score (nSPS) is 24.7. The largest absolute Gasteiger partial charge is 0.381 e. The number of nitrogens with one attached hydrogen (secondary N) is 1. The summed E-state index contributed by atoms with van der Waals surface area (Å²) in [5.41, 5.74) is 3.23. The lowest BCUT2D eigenvalue weighted by atomic mass is 9.77. The van der Waals surface area contributed by atoms with E-state index in [9.17, 15) is 0 Å². The van der Waals surface area contributed by atoms with E-state index in [1.807, 2.05) is 26.8 Å². The van der Waals surface area contributed by atoms with E-state index in [1.165, 1.54) is 0 Å². The molecule has 4 fully saturated rings. The van der Waals surface area contributed by atoms with Gasteiger partial charge < -0.3 is 19.5 Å². The number of fused-ring (bicyclic) bond motifs is 2. The number of aromatic nitrogens is 3. The number of benzene rings is 1. The maximum absolute atomic E-state index is 15.2. The Morgan fingerprint density at radius 3 is 2.68 bits per heavy atom. The topological polar surface area (TPSA) is 76.3 Å². The Labute approximate surface area is 199 Å². The summed E-state index contributed by atoms with van der Waals surface area (Å²) in [7, 11) is 0. The fraction of sp³-hybridized carbons (Fsp3) is 0.577. The highest BCUT2D eigenvalue weighted by Crippen LogP contribution is 2.49. The van der Waals surface area contributed by atoms with Crippen LogP contribution in [0.25, 0.3) is 22.4 Å². The molecule has 0 atom stereocenters. The van der Waals surface area contributed by atoms with Crippen molar-refractivity contribution in [1.82, 2.24) is 20.4 Å². The monoisotopic (exact) mass is 465 g/mol. The van der Waals surface area contributed by atoms with E-state index in [1.54, 1.807) is 6.07 Å². The third-order valence-corrected chi connectivity index (χ3v) is 8.04. The van der Waals surface area contributed by atoms with Gasteiger partial charge in [0.1, 0.15) is 17.2 Å². The molecule has 2 bridgehead atoms. The SMILES string of the molecule is CCc1cc(F)c2nc(N3CC4(NCC5CCOCC5)CC3C4)c(-c3nc(C)no3)c(C)c2c1. The van der Waals surface area contributed by atoms with Gasteiger partial charge in [0.15, 0.2) is 5.82 Å². The first-order valence-electron chi connectivity index (χ1n) is 12.5. The number of aryl methyl sites for hydroxylation is 3. The highest BCUT2D eigenvalue weighted by atomic mass is 19.1. The minimum atomic E-state index is -0.272. The van der Waals surface area contributed by atoms with E-state index in [4.69, 9.17) is 14.2 Å². The number of anilines is 1. The third-order valence-electron chi connectivity index (χ3n) is 8.04. The lowest BCUT2D eigenvalue weighted by molar-refractivity contribution is 0.0619. The molecule has 1 N–H and O–H groups in total. The zero-order chi connectivity index (χ0) is 23.4. The zero-order valence-electron chi connectivity index (χ0n) is 20.2. The minimum absolute atomic E-state index is 0.0974. The van der Waals surface area contributed by atoms with Crippen molar-refractivity contribution < 1.29 is 13.7 Å². The van der Waals surface area contributed by atoms with Crippen molar-refractivity contribution in [2.24, 2.45) is 5.92 Å². The van der Waals surface area contributed by atoms with Gasteiger partial charge in [0.25, 0.3) is 5.89 Å². The van der Waals surface area contributed by atoms with Crippen molar-refractivity contribution in [3.8, 4) is 11.5 Å². The van der Waals surface area contributed by atoms with Crippen molar-refractivity contribution in [1.29, 1.82) is 0 Å². The number of hydrogen-bond donors (Lipinski definition) is 1. The molecule has 8 heteroatoms. The standard InChI is InChI=1S/C26H32FN5O2/c1-4-17-9-20-15(2)22(25-29-16(3)31-34-25)24(30-23(20)21(27)10-17)32-14-26(11-19(32)12-26)28-13-18-5-7-33-8-6-18/h9-10,18-19,28H,4-8,11-14H2,1-3H3. The Morgan fingerprint density at radius 2 is 1.97 bits per heavy atom. The van der Waals surface area contributed by atoms with Gasteiger partial charge in [0.05, 0.1) is 5.56 Å². The predicted octanol–water partition coefficient (Wildman–Crippen LogP) is 4.34. The van der Waals surface area contributed by atoms with E-state index in [2.05, 4.69) is 20.4 Å². The zero-order valence-corrected chi connectivity index (χ0v) is 20.2. The molecule has 34 heavy (non-hydrogen) atoms. The number of halogens is 1. The van der Waals surface area contributed by atoms with Gasteiger partial charge in [-0.3, -0.25) is 0 Å². The van der Waals surface area contributed by atoms with Gasteiger partial charge in [-0.2, -0.15) is 4.98 Å². The van der Waals surface area contributed by atoms with Crippen LogP contribution in [0.4, 0.5) is 10.2 Å². The van der Waals surface area contributed by atoms with Crippen LogP contribution in [0.3, 0.4) is 0 Å². The van der Waals surface area contributed by atoms with Crippen LogP contribution in [0.2, 0.25) is 0 Å². The number of pyridine rings is 1. The number of nitrogens with zero attached hydrogens (tertiary/aromatic N) is 4. The van der Waals surface area contributed by atoms with Gasteiger partial charge in [-0.25, -0.2) is 9.37 Å². The molecule has 3 aliphatic heterocycles. The van der Waals surface area contributed by atoms with Crippen molar-refractivity contribution >= 4 is 16.7 Å². The molecule has 3 saturated heterocycles. The van der Waals surface area contributed by atoms with Crippen LogP contribution in [0.1, 0.15) is 49.6 Å². The number of hydrogen-bond acceptors (Lipinski definition) is 7. The van der Waals surface area contributed by atoms with Gasteiger partial charge in [-0.05, 0) is 81.7 Å². The first kappa shape index (κ1) is 21.9. The molecule has 1 aliphatic carbocycles. The number of ether oxygens (including phenoxy) is 1. The van der Waals surface area contributed by atoms with Gasteiger partial charge in [-0.15, -0.1) is 0 Å². The molecule has 0 spiro atoms. The summed E-state index contributed by atoms with van der Waals surface area (Å²) in [6.45, 7) is 9.48. The highest BCUT2D eigenvalue weighted by molar-refractivity contribution is 5.93. The van der Waals surface area contributed by atoms with Crippen LogP contribution in [0.5, 0.6) is 0 Å². The second-order valence-corrected chi connectivity index (χ2v) is 10.3. The molecule has 2 aromatic heterocycles. The Bertz CT molecular complexity index is 1230. The summed E-state index contributed by atoms with van der Waals surface area (Å²) >= 11 is 0. The van der Waals surface area contributed by atoms with Crippen molar-refractivity contribution in [3.05, 3.63) is 34.9 Å². The molecule has 0 amide bonds. The van der Waals surface area contributed by atoms with Crippen molar-refractivity contribution in [2.45, 2.75) is 64.5 Å². The van der Waals surface area contributed by atoms with Gasteiger partial charge >= 0.3 is 0 Å². The van der Waals surface area contributed by atoms with Gasteiger partial charge in [0, 0.05) is 36.7 Å². The van der Waals surface area contributed by atoms with E-state index >= 15 is 4.39 Å². The third kappa shape index (κ3) is 3.58. The molecule has 7 rings (SSSR count). The van der Waals surface area contributed by atoms with Crippen LogP contribution in [0, 0.1) is 25.6 Å². The first-order chi connectivity index (χ1) is 16.5. The summed E-state index contributed by atoms with van der Waals surface area (Å²) < 4.78 is 26.3. The summed E-state index contributed by atoms with van der Waals surface area (Å²) in [5.74, 6) is 2.19. The summed E-state index contributed by atoms with van der Waals surface area (Å²) in [6, 6.07) is 4.03. The molecule has 7 nitrogen and oxygen atoms in total. The second kappa shape index (κ2) is 8.27. The van der Waals surface area contributed by atoms with Crippen molar-refractivity contribution in [2.75, 3.05) is 31.2 Å². The average molecular weight is 466 g/mol. The van der Waals surface area contributed by atoms with Crippen LogP contribution in [-0.4, -0.2) is 53.0 Å². The lowest BCUT2D eigenvalue weighted by Crippen LogP contribution is -2.54. The molecule has 0 radical (unpaired) electrons. The first-order valence-corrected chi connectivity index (χ1v) is 12.5. The smallest absolute Gasteiger partial charge is 0.261 e. The van der Waals surface area contributed by atoms with Crippen LogP contribution >= 0.6 is 0 Å². The molecule has 1 aromatic carbocycles. The van der Waals surface area contributed by atoms with Gasteiger partial charge in [-0.1, -0.05) is 12.1 Å². The van der Waals surface area contributed by atoms with E-state index in [0.29, 0.717) is 29.2 Å². The Morgan fingerprint density at radius 1 is 1.18 bits per heavy atom. The minimum Gasteiger partial charge on any atom is -0.381 e. The molecular weight excluding hydrogens is 433 g/mol. The Hall–Kier alpha value is -2.58. The van der Waals surface area contributed by atoms with E-state index in [-0.39, 0.29) is 11.4 Å². The molecule has 180 valence electrons. The number of rotatable bonds is 6. The van der Waals surface area contributed by atoms with Gasteiger partial charge in [0.2, 0.25) is 0 Å². The quantitative estimate of drug-likeness (QED) is 0.580. The molecule has 3 aromatic rings. The van der Waals surface area contributed by atoms with E-state index < -0.39 is 0 Å². The lowest BCUT2D eigenvalue weighted by Gasteiger charge is -2.39.